The van der Waals surface area contributed by atoms with E-state index < -0.39 is 0 Å². The van der Waals surface area contributed by atoms with Gasteiger partial charge in [0.2, 0.25) is 0 Å². The molecule has 102 valence electrons. The van der Waals surface area contributed by atoms with E-state index in [2.05, 4.69) is 28.2 Å². The zero-order chi connectivity index (χ0) is 13.4. The lowest BCUT2D eigenvalue weighted by atomic mass is 10.3. The summed E-state index contributed by atoms with van der Waals surface area (Å²) in [6, 6.07) is 5.58. The molecule has 5 heteroatoms. The van der Waals surface area contributed by atoms with Gasteiger partial charge in [-0.05, 0) is 31.2 Å². The molecule has 0 aromatic heterocycles. The van der Waals surface area contributed by atoms with Gasteiger partial charge in [0.05, 0.1) is 11.6 Å². The van der Waals surface area contributed by atoms with Gasteiger partial charge < -0.3 is 14.8 Å². The van der Waals surface area contributed by atoms with Gasteiger partial charge in [0.25, 0.3) is 0 Å². The average molecular weight is 337 g/mol. The van der Waals surface area contributed by atoms with Crippen molar-refractivity contribution in [2.45, 2.75) is 19.4 Å². The first-order valence-electron chi connectivity index (χ1n) is 5.98. The summed E-state index contributed by atoms with van der Waals surface area (Å²) in [5, 5.41) is 3.91. The first-order valence-corrected chi connectivity index (χ1v) is 7.15. The van der Waals surface area contributed by atoms with Crippen LogP contribution in [0.3, 0.4) is 0 Å². The molecule has 3 nitrogen and oxygen atoms in total. The van der Waals surface area contributed by atoms with E-state index in [9.17, 15) is 0 Å². The summed E-state index contributed by atoms with van der Waals surface area (Å²) in [6.07, 6.45) is 1.05. The predicted molar refractivity (Wildman–Crippen MR) is 78.6 cm³/mol. The van der Waals surface area contributed by atoms with Gasteiger partial charge in [-0.3, -0.25) is 0 Å². The Bertz CT molecular complexity index is 363. The van der Waals surface area contributed by atoms with Crippen molar-refractivity contribution in [1.29, 1.82) is 0 Å². The van der Waals surface area contributed by atoms with E-state index >= 15 is 0 Å². The summed E-state index contributed by atoms with van der Waals surface area (Å²) in [7, 11) is 1.67. The number of methoxy groups -OCH3 is 1. The highest BCUT2D eigenvalue weighted by Crippen LogP contribution is 2.28. The third kappa shape index (κ3) is 5.57. The van der Waals surface area contributed by atoms with Crippen molar-refractivity contribution in [3.05, 3.63) is 27.7 Å². The highest BCUT2D eigenvalue weighted by atomic mass is 79.9. The van der Waals surface area contributed by atoms with Crippen LogP contribution in [0.25, 0.3) is 0 Å². The van der Waals surface area contributed by atoms with Crippen LogP contribution >= 0.6 is 27.5 Å². The van der Waals surface area contributed by atoms with Gasteiger partial charge in [0.1, 0.15) is 11.9 Å². The fraction of sp³-hybridized carbons (Fsp3) is 0.538. The van der Waals surface area contributed by atoms with Crippen LogP contribution in [0, 0.1) is 0 Å². The Morgan fingerprint density at radius 1 is 1.44 bits per heavy atom. The summed E-state index contributed by atoms with van der Waals surface area (Å²) >= 11 is 9.49. The molecule has 1 aromatic rings. The highest BCUT2D eigenvalue weighted by Gasteiger charge is 2.12. The van der Waals surface area contributed by atoms with E-state index in [-0.39, 0.29) is 6.10 Å². The van der Waals surface area contributed by atoms with Crippen LogP contribution in [0.15, 0.2) is 22.7 Å². The number of benzene rings is 1. The van der Waals surface area contributed by atoms with Crippen LogP contribution in [0.1, 0.15) is 13.3 Å². The van der Waals surface area contributed by atoms with E-state index in [1.54, 1.807) is 7.11 Å². The number of hydrogen-bond acceptors (Lipinski definition) is 3. The molecular weight excluding hydrogens is 318 g/mol. The van der Waals surface area contributed by atoms with Gasteiger partial charge in [0.15, 0.2) is 0 Å². The summed E-state index contributed by atoms with van der Waals surface area (Å²) < 4.78 is 11.9. The molecule has 0 spiro atoms. The van der Waals surface area contributed by atoms with Crippen LogP contribution < -0.4 is 10.1 Å². The Kier molecular flexibility index (Phi) is 7.66. The molecule has 1 aromatic carbocycles. The molecule has 0 radical (unpaired) electrons. The van der Waals surface area contributed by atoms with Crippen LogP contribution in [-0.2, 0) is 4.74 Å². The fourth-order valence-electron chi connectivity index (χ4n) is 1.51. The normalized spacial score (nSPS) is 12.4. The summed E-state index contributed by atoms with van der Waals surface area (Å²) in [5.74, 6) is 0.681. The van der Waals surface area contributed by atoms with Gasteiger partial charge >= 0.3 is 0 Å². The first-order chi connectivity index (χ1) is 8.67. The maximum absolute atomic E-state index is 6.12. The fourth-order valence-corrected chi connectivity index (χ4v) is 2.23. The quantitative estimate of drug-likeness (QED) is 0.737. The standard InChI is InChI=1S/C13H19BrClNO2/c1-3-6-16-8-11(9-17-2)18-13-5-4-10(14)7-12(13)15/h4-5,7,11,16H,3,6,8-9H2,1-2H3. The molecule has 0 aliphatic heterocycles. The second-order valence-corrected chi connectivity index (χ2v) is 5.30. The minimum absolute atomic E-state index is 0.0415. The van der Waals surface area contributed by atoms with Crippen molar-refractivity contribution < 1.29 is 9.47 Å². The second kappa shape index (κ2) is 8.75. The molecular formula is C13H19BrClNO2. The third-order valence-corrected chi connectivity index (χ3v) is 3.13. The van der Waals surface area contributed by atoms with E-state index in [1.807, 2.05) is 18.2 Å². The Balaban J connectivity index is 2.58. The van der Waals surface area contributed by atoms with Gasteiger partial charge in [-0.2, -0.15) is 0 Å². The lowest BCUT2D eigenvalue weighted by Crippen LogP contribution is -2.35. The molecule has 1 atom stereocenters. The predicted octanol–water partition coefficient (Wildman–Crippen LogP) is 3.50. The molecule has 1 rings (SSSR count). The molecule has 1 N–H and O–H groups in total. The topological polar surface area (TPSA) is 30.5 Å². The Labute approximate surface area is 122 Å². The van der Waals surface area contributed by atoms with Crippen molar-refractivity contribution in [3.8, 4) is 5.75 Å². The summed E-state index contributed by atoms with van der Waals surface area (Å²) in [4.78, 5) is 0. The van der Waals surface area contributed by atoms with Gasteiger partial charge in [-0.1, -0.05) is 34.5 Å². The van der Waals surface area contributed by atoms with E-state index in [4.69, 9.17) is 21.1 Å². The molecule has 0 aliphatic rings. The third-order valence-electron chi connectivity index (χ3n) is 2.34. The smallest absolute Gasteiger partial charge is 0.138 e. The number of nitrogens with one attached hydrogen (secondary N) is 1. The largest absolute Gasteiger partial charge is 0.485 e. The molecule has 0 saturated heterocycles. The van der Waals surface area contributed by atoms with Crippen LogP contribution in [0.5, 0.6) is 5.75 Å². The van der Waals surface area contributed by atoms with E-state index in [0.717, 1.165) is 24.0 Å². The summed E-state index contributed by atoms with van der Waals surface area (Å²) in [6.45, 7) is 4.37. The van der Waals surface area contributed by atoms with Gasteiger partial charge in [-0.15, -0.1) is 0 Å². The SMILES string of the molecule is CCCNCC(COC)Oc1ccc(Br)cc1Cl. The van der Waals surface area contributed by atoms with Crippen LogP contribution in [0.2, 0.25) is 5.02 Å². The van der Waals surface area contributed by atoms with Gasteiger partial charge in [0, 0.05) is 18.1 Å². The highest BCUT2D eigenvalue weighted by molar-refractivity contribution is 9.10. The number of hydrogen-bond donors (Lipinski definition) is 1. The van der Waals surface area contributed by atoms with Crippen molar-refractivity contribution >= 4 is 27.5 Å². The second-order valence-electron chi connectivity index (χ2n) is 3.97. The molecule has 1 unspecified atom stereocenters. The molecule has 18 heavy (non-hydrogen) atoms. The maximum atomic E-state index is 6.12. The molecule has 0 heterocycles. The number of halogens is 2. The maximum Gasteiger partial charge on any atom is 0.138 e. The zero-order valence-corrected chi connectivity index (χ0v) is 13.1. The molecule has 0 fully saturated rings. The molecule has 0 saturated carbocycles. The minimum Gasteiger partial charge on any atom is -0.485 e. The molecule has 0 aliphatic carbocycles. The van der Waals surface area contributed by atoms with Crippen LogP contribution in [-0.4, -0.2) is 32.9 Å². The van der Waals surface area contributed by atoms with Crippen molar-refractivity contribution in [2.75, 3.05) is 26.8 Å². The van der Waals surface area contributed by atoms with Crippen molar-refractivity contribution in [1.82, 2.24) is 5.32 Å². The monoisotopic (exact) mass is 335 g/mol. The Hall–Kier alpha value is -0.290. The molecule has 0 bridgehead atoms. The van der Waals surface area contributed by atoms with Crippen LogP contribution in [0.4, 0.5) is 0 Å². The first kappa shape index (κ1) is 15.8. The number of rotatable bonds is 8. The van der Waals surface area contributed by atoms with Crippen molar-refractivity contribution in [2.24, 2.45) is 0 Å². The lowest BCUT2D eigenvalue weighted by Gasteiger charge is -2.19. The zero-order valence-electron chi connectivity index (χ0n) is 10.7. The minimum atomic E-state index is -0.0415. The Morgan fingerprint density at radius 2 is 2.22 bits per heavy atom. The lowest BCUT2D eigenvalue weighted by molar-refractivity contribution is 0.0808. The number of ether oxygens (including phenoxy) is 2. The van der Waals surface area contributed by atoms with Gasteiger partial charge in [-0.25, -0.2) is 0 Å². The summed E-state index contributed by atoms with van der Waals surface area (Å²) in [5.41, 5.74) is 0. The van der Waals surface area contributed by atoms with E-state index in [1.165, 1.54) is 0 Å². The van der Waals surface area contributed by atoms with Crippen molar-refractivity contribution in [3.63, 3.8) is 0 Å². The van der Waals surface area contributed by atoms with E-state index in [0.29, 0.717) is 17.4 Å². The average Bonchev–Trinajstić information content (AvgIpc) is 2.33. The Morgan fingerprint density at radius 3 is 2.83 bits per heavy atom. The molecule has 0 amide bonds.